The predicted molar refractivity (Wildman–Crippen MR) is 119 cm³/mol. The first-order valence-corrected chi connectivity index (χ1v) is 10.3. The summed E-state index contributed by atoms with van der Waals surface area (Å²) < 4.78 is 7.46. The standard InChI is InChI=1S/C22H25N5O2S/c1-16-4-3-5-17(14-16)21-23-24-22(30)27(21)15-20(28)26-12-10-25(11-13-26)18-6-8-19(29-2)9-7-18/h3-9,14H,10-13,15H2,1-2H3,(H,24,30). The van der Waals surface area contributed by atoms with E-state index in [1.807, 2.05) is 48.2 Å². The highest BCUT2D eigenvalue weighted by molar-refractivity contribution is 7.71. The average Bonchev–Trinajstić information content (AvgIpc) is 3.14. The Kier molecular flexibility index (Phi) is 5.85. The molecule has 0 spiro atoms. The maximum absolute atomic E-state index is 13.0. The van der Waals surface area contributed by atoms with Crippen molar-refractivity contribution >= 4 is 23.8 Å². The molecule has 1 N–H and O–H groups in total. The molecule has 4 rings (SSSR count). The highest BCUT2D eigenvalue weighted by Gasteiger charge is 2.23. The van der Waals surface area contributed by atoms with E-state index in [-0.39, 0.29) is 12.5 Å². The van der Waals surface area contributed by atoms with E-state index < -0.39 is 0 Å². The van der Waals surface area contributed by atoms with Crippen molar-refractivity contribution in [3.05, 3.63) is 58.9 Å². The molecule has 1 aliphatic heterocycles. The second-order valence-electron chi connectivity index (χ2n) is 7.37. The lowest BCUT2D eigenvalue weighted by molar-refractivity contribution is -0.132. The van der Waals surface area contributed by atoms with E-state index in [9.17, 15) is 4.79 Å². The van der Waals surface area contributed by atoms with Gasteiger partial charge in [0.25, 0.3) is 0 Å². The van der Waals surface area contributed by atoms with Gasteiger partial charge < -0.3 is 14.5 Å². The lowest BCUT2D eigenvalue weighted by Crippen LogP contribution is -2.49. The Hall–Kier alpha value is -3.13. The number of piperazine rings is 1. The number of aromatic amines is 1. The maximum Gasteiger partial charge on any atom is 0.242 e. The van der Waals surface area contributed by atoms with Crippen molar-refractivity contribution in [1.82, 2.24) is 19.7 Å². The highest BCUT2D eigenvalue weighted by Crippen LogP contribution is 2.21. The molecule has 30 heavy (non-hydrogen) atoms. The fourth-order valence-electron chi connectivity index (χ4n) is 3.71. The number of hydrogen-bond acceptors (Lipinski definition) is 5. The molecular formula is C22H25N5O2S. The van der Waals surface area contributed by atoms with Gasteiger partial charge in [-0.15, -0.1) is 0 Å². The van der Waals surface area contributed by atoms with Crippen LogP contribution in [-0.4, -0.2) is 58.9 Å². The number of nitrogens with zero attached hydrogens (tertiary/aromatic N) is 4. The number of nitrogens with one attached hydrogen (secondary N) is 1. The Morgan fingerprint density at radius 1 is 1.13 bits per heavy atom. The Bertz CT molecular complexity index is 1080. The van der Waals surface area contributed by atoms with Crippen molar-refractivity contribution in [2.24, 2.45) is 0 Å². The largest absolute Gasteiger partial charge is 0.497 e. The van der Waals surface area contributed by atoms with Crippen LogP contribution in [0.25, 0.3) is 11.4 Å². The van der Waals surface area contributed by atoms with Gasteiger partial charge in [0.2, 0.25) is 5.91 Å². The number of hydrogen-bond donors (Lipinski definition) is 1. The number of carbonyl (C=O) groups excluding carboxylic acids is 1. The van der Waals surface area contributed by atoms with Crippen LogP contribution >= 0.6 is 12.2 Å². The molecule has 2 heterocycles. The molecule has 0 unspecified atom stereocenters. The van der Waals surface area contributed by atoms with Crippen molar-refractivity contribution in [2.45, 2.75) is 13.5 Å². The van der Waals surface area contributed by atoms with Gasteiger partial charge in [-0.05, 0) is 49.5 Å². The first kappa shape index (κ1) is 20.2. The summed E-state index contributed by atoms with van der Waals surface area (Å²) in [4.78, 5) is 17.2. The molecule has 1 amide bonds. The van der Waals surface area contributed by atoms with Gasteiger partial charge >= 0.3 is 0 Å². The van der Waals surface area contributed by atoms with Crippen molar-refractivity contribution < 1.29 is 9.53 Å². The molecule has 0 radical (unpaired) electrons. The Balaban J connectivity index is 1.42. The highest BCUT2D eigenvalue weighted by atomic mass is 32.1. The number of carbonyl (C=O) groups is 1. The molecule has 0 bridgehead atoms. The minimum Gasteiger partial charge on any atom is -0.497 e. The van der Waals surface area contributed by atoms with Crippen LogP contribution in [0.4, 0.5) is 5.69 Å². The summed E-state index contributed by atoms with van der Waals surface area (Å²) in [5, 5.41) is 7.18. The molecule has 7 nitrogen and oxygen atoms in total. The molecule has 156 valence electrons. The van der Waals surface area contributed by atoms with E-state index in [0.29, 0.717) is 23.7 Å². The number of benzene rings is 2. The van der Waals surface area contributed by atoms with Crippen LogP contribution in [0.3, 0.4) is 0 Å². The van der Waals surface area contributed by atoms with Gasteiger partial charge in [-0.1, -0.05) is 23.8 Å². The molecule has 1 aromatic heterocycles. The SMILES string of the molecule is COc1ccc(N2CCN(C(=O)Cn3c(-c4cccc(C)c4)n[nH]c3=S)CC2)cc1. The number of amides is 1. The van der Waals surface area contributed by atoms with Gasteiger partial charge in [-0.25, -0.2) is 0 Å². The third-order valence-electron chi connectivity index (χ3n) is 5.40. The van der Waals surface area contributed by atoms with E-state index in [1.165, 1.54) is 0 Å². The van der Waals surface area contributed by atoms with Crippen LogP contribution in [0, 0.1) is 11.7 Å². The van der Waals surface area contributed by atoms with E-state index in [2.05, 4.69) is 27.2 Å². The van der Waals surface area contributed by atoms with Crippen LogP contribution in [0.15, 0.2) is 48.5 Å². The van der Waals surface area contributed by atoms with Gasteiger partial charge in [-0.2, -0.15) is 5.10 Å². The normalized spacial score (nSPS) is 14.1. The molecule has 0 aliphatic carbocycles. The smallest absolute Gasteiger partial charge is 0.242 e. The van der Waals surface area contributed by atoms with E-state index in [4.69, 9.17) is 17.0 Å². The van der Waals surface area contributed by atoms with E-state index >= 15 is 0 Å². The Morgan fingerprint density at radius 3 is 2.53 bits per heavy atom. The first-order chi connectivity index (χ1) is 14.5. The minimum absolute atomic E-state index is 0.0517. The lowest BCUT2D eigenvalue weighted by Gasteiger charge is -2.36. The lowest BCUT2D eigenvalue weighted by atomic mass is 10.1. The van der Waals surface area contributed by atoms with Crippen LogP contribution in [0.2, 0.25) is 0 Å². The fraction of sp³-hybridized carbons (Fsp3) is 0.318. The number of H-pyrrole nitrogens is 1. The van der Waals surface area contributed by atoms with E-state index in [1.54, 1.807) is 11.7 Å². The first-order valence-electron chi connectivity index (χ1n) is 9.94. The van der Waals surface area contributed by atoms with E-state index in [0.717, 1.165) is 35.7 Å². The van der Waals surface area contributed by atoms with Crippen molar-refractivity contribution in [3.63, 3.8) is 0 Å². The summed E-state index contributed by atoms with van der Waals surface area (Å²) in [7, 11) is 1.66. The predicted octanol–water partition coefficient (Wildman–Crippen LogP) is 3.27. The van der Waals surface area contributed by atoms with Crippen molar-refractivity contribution in [3.8, 4) is 17.1 Å². The molecule has 1 aliphatic rings. The summed E-state index contributed by atoms with van der Waals surface area (Å²) in [6.07, 6.45) is 0. The second-order valence-corrected chi connectivity index (χ2v) is 7.76. The number of ether oxygens (including phenoxy) is 1. The second kappa shape index (κ2) is 8.71. The number of anilines is 1. The zero-order chi connectivity index (χ0) is 21.1. The Labute approximate surface area is 180 Å². The fourth-order valence-corrected chi connectivity index (χ4v) is 3.91. The van der Waals surface area contributed by atoms with Gasteiger partial charge in [0.05, 0.1) is 7.11 Å². The average molecular weight is 424 g/mol. The van der Waals surface area contributed by atoms with Gasteiger partial charge in [-0.3, -0.25) is 14.5 Å². The summed E-state index contributed by atoms with van der Waals surface area (Å²) in [6, 6.07) is 16.0. The Morgan fingerprint density at radius 2 is 1.87 bits per heavy atom. The summed E-state index contributed by atoms with van der Waals surface area (Å²) in [5.74, 6) is 1.58. The zero-order valence-corrected chi connectivity index (χ0v) is 18.0. The third-order valence-corrected chi connectivity index (χ3v) is 5.71. The molecule has 0 atom stereocenters. The topological polar surface area (TPSA) is 66.4 Å². The van der Waals surface area contributed by atoms with Crippen LogP contribution in [0.1, 0.15) is 5.56 Å². The zero-order valence-electron chi connectivity index (χ0n) is 17.2. The molecule has 1 saturated heterocycles. The number of rotatable bonds is 5. The molecule has 0 saturated carbocycles. The molecule has 8 heteroatoms. The minimum atomic E-state index is 0.0517. The number of aromatic nitrogens is 3. The summed E-state index contributed by atoms with van der Waals surface area (Å²) >= 11 is 5.38. The van der Waals surface area contributed by atoms with Crippen molar-refractivity contribution in [1.29, 1.82) is 0 Å². The van der Waals surface area contributed by atoms with Gasteiger partial charge in [0.15, 0.2) is 10.6 Å². The van der Waals surface area contributed by atoms with Crippen LogP contribution in [-0.2, 0) is 11.3 Å². The van der Waals surface area contributed by atoms with Crippen LogP contribution < -0.4 is 9.64 Å². The summed E-state index contributed by atoms with van der Waals surface area (Å²) in [5.41, 5.74) is 3.22. The molecule has 1 fully saturated rings. The number of aryl methyl sites for hydroxylation is 1. The summed E-state index contributed by atoms with van der Waals surface area (Å²) in [6.45, 7) is 5.15. The molecule has 3 aromatic rings. The van der Waals surface area contributed by atoms with Gasteiger partial charge in [0, 0.05) is 37.4 Å². The molecule has 2 aromatic carbocycles. The quantitative estimate of drug-likeness (QED) is 0.638. The number of methoxy groups -OCH3 is 1. The third kappa shape index (κ3) is 4.23. The van der Waals surface area contributed by atoms with Crippen molar-refractivity contribution in [2.75, 3.05) is 38.2 Å². The van der Waals surface area contributed by atoms with Crippen LogP contribution in [0.5, 0.6) is 5.75 Å². The monoisotopic (exact) mass is 423 g/mol. The maximum atomic E-state index is 13.0. The molecular weight excluding hydrogens is 398 g/mol. The van der Waals surface area contributed by atoms with Gasteiger partial charge in [0.1, 0.15) is 12.3 Å².